The molecule has 18 heteroatoms. The zero-order valence-electron chi connectivity index (χ0n) is 34.8. The van der Waals surface area contributed by atoms with Crippen LogP contribution in [-0.4, -0.2) is 183 Å². The van der Waals surface area contributed by atoms with Crippen LogP contribution >= 0.6 is 0 Å². The van der Waals surface area contributed by atoms with Crippen LogP contribution in [0.15, 0.2) is 11.6 Å². The maximum Gasteiger partial charge on any atom is 0.331 e. The van der Waals surface area contributed by atoms with Crippen molar-refractivity contribution in [1.82, 2.24) is 0 Å². The summed E-state index contributed by atoms with van der Waals surface area (Å²) >= 11 is 0. The Kier molecular flexibility index (Phi) is 12.9. The van der Waals surface area contributed by atoms with E-state index in [2.05, 4.69) is 13.8 Å². The van der Waals surface area contributed by atoms with Crippen LogP contribution < -0.4 is 0 Å². The van der Waals surface area contributed by atoms with Gasteiger partial charge in [-0.25, -0.2) is 4.79 Å². The fourth-order valence-corrected chi connectivity index (χ4v) is 13.0. The van der Waals surface area contributed by atoms with E-state index >= 15 is 0 Å². The molecule has 1 unspecified atom stereocenters. The number of carbonyl (C=O) groups is 1. The highest BCUT2D eigenvalue weighted by Gasteiger charge is 2.68. The summed E-state index contributed by atoms with van der Waals surface area (Å²) in [5, 5.41) is 96.6. The Hall–Kier alpha value is -1.43. The molecule has 0 aromatic carbocycles. The summed E-state index contributed by atoms with van der Waals surface area (Å²) in [7, 11) is 1.39. The average Bonchev–Trinajstić information content (AvgIpc) is 3.78. The molecule has 7 fully saturated rings. The maximum absolute atomic E-state index is 12.6. The van der Waals surface area contributed by atoms with Gasteiger partial charge in [0.25, 0.3) is 0 Å². The molecule has 18 nitrogen and oxygen atoms in total. The van der Waals surface area contributed by atoms with Gasteiger partial charge in [0.1, 0.15) is 73.8 Å². The summed E-state index contributed by atoms with van der Waals surface area (Å²) in [5.74, 6) is 0.725. The number of aliphatic hydroxyl groups is 9. The number of carbonyl (C=O) groups excluding carboxylic acids is 1. The Morgan fingerprint density at radius 2 is 1.42 bits per heavy atom. The fraction of sp³-hybridized carbons (Fsp3) is 0.929. The highest BCUT2D eigenvalue weighted by molar-refractivity contribution is 5.85. The SMILES string of the molecule is CO[C@H]1[C@H](O)[C@H](O[C@H]2CC[C@@]3(C)[C@H](CCC4[C@@H]3CC[C@]3(C)[C@@H](C5=CC(=O)OC5)CC[C@]43O)C2)O[C@@H](C)[C@@H]1O[C@@H]1O[C@H](CO[C@@H]2O[C@H](CO)[C@@H](O)[C@H](O)[C@H]2O)[C@@H](O)[C@H](O)[C@H]1O. The van der Waals surface area contributed by atoms with Crippen LogP contribution in [0.4, 0.5) is 0 Å². The molecule has 8 rings (SSSR count). The lowest BCUT2D eigenvalue weighted by Crippen LogP contribution is -2.65. The number of cyclic esters (lactones) is 1. The lowest BCUT2D eigenvalue weighted by Gasteiger charge is -2.64. The molecule has 0 amide bonds. The number of esters is 1. The number of aliphatic hydroxyl groups excluding tert-OH is 8. The minimum atomic E-state index is -1.77. The minimum Gasteiger partial charge on any atom is -0.458 e. The van der Waals surface area contributed by atoms with E-state index in [0.29, 0.717) is 18.4 Å². The van der Waals surface area contributed by atoms with Crippen molar-refractivity contribution in [2.24, 2.45) is 34.5 Å². The number of hydrogen-bond acceptors (Lipinski definition) is 18. The molecule has 4 aliphatic heterocycles. The lowest BCUT2D eigenvalue weighted by atomic mass is 9.43. The molecule has 4 aliphatic carbocycles. The largest absolute Gasteiger partial charge is 0.458 e. The van der Waals surface area contributed by atoms with Crippen LogP contribution in [0.3, 0.4) is 0 Å². The molecule has 342 valence electrons. The molecule has 9 N–H and O–H groups in total. The number of hydrogen-bond donors (Lipinski definition) is 9. The van der Waals surface area contributed by atoms with Crippen molar-refractivity contribution < 1.29 is 88.6 Å². The third-order valence-electron chi connectivity index (χ3n) is 16.5. The molecular weight excluding hydrogens is 792 g/mol. The van der Waals surface area contributed by atoms with Gasteiger partial charge in [0, 0.05) is 18.6 Å². The Morgan fingerprint density at radius 3 is 2.10 bits per heavy atom. The van der Waals surface area contributed by atoms with Crippen LogP contribution in [0.25, 0.3) is 0 Å². The van der Waals surface area contributed by atoms with Crippen molar-refractivity contribution in [3.8, 4) is 0 Å². The van der Waals surface area contributed by atoms with E-state index in [1.165, 1.54) is 7.11 Å². The molecule has 0 radical (unpaired) electrons. The van der Waals surface area contributed by atoms with Gasteiger partial charge in [-0.2, -0.15) is 0 Å². The molecule has 8 aliphatic rings. The smallest absolute Gasteiger partial charge is 0.331 e. The summed E-state index contributed by atoms with van der Waals surface area (Å²) < 4.78 is 46.6. The summed E-state index contributed by atoms with van der Waals surface area (Å²) in [4.78, 5) is 12.0. The van der Waals surface area contributed by atoms with E-state index in [1.807, 2.05) is 0 Å². The number of ether oxygens (including phenoxy) is 8. The summed E-state index contributed by atoms with van der Waals surface area (Å²) in [6.07, 6.45) is -11.9. The van der Waals surface area contributed by atoms with Crippen molar-refractivity contribution in [1.29, 1.82) is 0 Å². The van der Waals surface area contributed by atoms with Crippen LogP contribution in [0, 0.1) is 34.5 Å². The molecule has 4 saturated carbocycles. The van der Waals surface area contributed by atoms with E-state index in [9.17, 15) is 50.8 Å². The molecule has 0 aromatic heterocycles. The van der Waals surface area contributed by atoms with Crippen molar-refractivity contribution in [3.63, 3.8) is 0 Å². The van der Waals surface area contributed by atoms with Gasteiger partial charge in [0.2, 0.25) is 0 Å². The zero-order chi connectivity index (χ0) is 43.1. The first-order valence-corrected chi connectivity index (χ1v) is 21.8. The standard InChI is InChI=1S/C42H66O18/c1-18-35(60-38-33(50)31(48)29(46)26(59-38)17-55-37-32(49)30(47)28(45)25(15-43)58-37)36(53-4)34(51)39(56-18)57-21-7-10-40(2)20(14-21)5-6-24-23(40)8-11-41(3)22(9-12-42(24,41)52)19-13-27(44)54-16-19/h13,18,20-26,28-39,43,45-52H,5-12,14-17H2,1-4H3/t18-,20+,21-,22+,23-,24?,25+,26+,28+,29+,30-,31-,32+,33+,34-,35-,36-,37+,38-,39-,40-,41+,42-/m0/s1. The van der Waals surface area contributed by atoms with Crippen LogP contribution in [0.2, 0.25) is 0 Å². The van der Waals surface area contributed by atoms with Gasteiger partial charge >= 0.3 is 5.97 Å². The predicted molar refractivity (Wildman–Crippen MR) is 203 cm³/mol. The van der Waals surface area contributed by atoms with Crippen molar-refractivity contribution in [2.45, 2.75) is 182 Å². The Bertz CT molecular complexity index is 1570. The van der Waals surface area contributed by atoms with Crippen molar-refractivity contribution in [2.75, 3.05) is 26.9 Å². The third kappa shape index (κ3) is 7.50. The predicted octanol–water partition coefficient (Wildman–Crippen LogP) is -1.24. The normalized spacial score (nSPS) is 54.4. The summed E-state index contributed by atoms with van der Waals surface area (Å²) in [6, 6.07) is 0. The van der Waals surface area contributed by atoms with E-state index in [-0.39, 0.29) is 34.7 Å². The summed E-state index contributed by atoms with van der Waals surface area (Å²) in [5.41, 5.74) is -0.0850. The first-order chi connectivity index (χ1) is 28.4. The first kappa shape index (κ1) is 45.1. The van der Waals surface area contributed by atoms with Gasteiger partial charge < -0.3 is 83.9 Å². The van der Waals surface area contributed by atoms with Gasteiger partial charge in [-0.3, -0.25) is 0 Å². The molecular formula is C42H66O18. The molecule has 0 bridgehead atoms. The molecule has 0 aromatic rings. The van der Waals surface area contributed by atoms with Crippen LogP contribution in [0.1, 0.15) is 78.6 Å². The second-order valence-corrected chi connectivity index (χ2v) is 19.4. The topological polar surface area (TPSA) is 273 Å². The van der Waals surface area contributed by atoms with Gasteiger partial charge in [-0.05, 0) is 99.4 Å². The molecule has 4 heterocycles. The van der Waals surface area contributed by atoms with Crippen molar-refractivity contribution >= 4 is 5.97 Å². The third-order valence-corrected chi connectivity index (χ3v) is 16.5. The molecule has 3 saturated heterocycles. The van der Waals surface area contributed by atoms with E-state index < -0.39 is 111 Å². The van der Waals surface area contributed by atoms with Gasteiger partial charge in [-0.1, -0.05) is 13.8 Å². The first-order valence-electron chi connectivity index (χ1n) is 21.8. The van der Waals surface area contributed by atoms with E-state index in [0.717, 1.165) is 63.4 Å². The zero-order valence-corrected chi connectivity index (χ0v) is 34.8. The van der Waals surface area contributed by atoms with Gasteiger partial charge in [-0.15, -0.1) is 0 Å². The Morgan fingerprint density at radius 1 is 0.733 bits per heavy atom. The second kappa shape index (κ2) is 17.2. The molecule has 23 atom stereocenters. The lowest BCUT2D eigenvalue weighted by molar-refractivity contribution is -0.367. The molecule has 60 heavy (non-hydrogen) atoms. The maximum atomic E-state index is 12.6. The Balaban J connectivity index is 0.875. The van der Waals surface area contributed by atoms with Crippen LogP contribution in [-0.2, 0) is 42.7 Å². The number of rotatable bonds is 10. The Labute approximate surface area is 349 Å². The number of fused-ring (bicyclic) bond motifs is 5. The number of methoxy groups -OCH3 is 1. The summed E-state index contributed by atoms with van der Waals surface area (Å²) in [6.45, 7) is 5.42. The van der Waals surface area contributed by atoms with Crippen molar-refractivity contribution in [3.05, 3.63) is 11.6 Å². The second-order valence-electron chi connectivity index (χ2n) is 19.4. The molecule has 0 spiro atoms. The van der Waals surface area contributed by atoms with E-state index in [1.54, 1.807) is 13.0 Å². The van der Waals surface area contributed by atoms with E-state index in [4.69, 9.17) is 37.9 Å². The average molecular weight is 859 g/mol. The monoisotopic (exact) mass is 858 g/mol. The minimum absolute atomic E-state index is 0.00760. The quantitative estimate of drug-likeness (QED) is 0.0918. The van der Waals surface area contributed by atoms with Gasteiger partial charge in [0.15, 0.2) is 18.9 Å². The fourth-order valence-electron chi connectivity index (χ4n) is 13.0. The van der Waals surface area contributed by atoms with Crippen LogP contribution in [0.5, 0.6) is 0 Å². The highest BCUT2D eigenvalue weighted by atomic mass is 16.8. The highest BCUT2D eigenvalue weighted by Crippen LogP contribution is 2.70. The van der Waals surface area contributed by atoms with Gasteiger partial charge in [0.05, 0.1) is 31.0 Å².